The first-order valence-corrected chi connectivity index (χ1v) is 40.9. The number of carboxylic acids is 1. The Kier molecular flexibility index (Phi) is 63.7. The minimum atomic E-state index is -1.65. The van der Waals surface area contributed by atoms with Crippen molar-refractivity contribution in [2.45, 2.75) is 144 Å². The number of methoxy groups -OCH3 is 2. The van der Waals surface area contributed by atoms with Gasteiger partial charge in [-0.25, -0.2) is 51.1 Å². The molecule has 10 N–H and O–H groups in total. The highest BCUT2D eigenvalue weighted by Crippen LogP contribution is 2.33. The van der Waals surface area contributed by atoms with Gasteiger partial charge in [0.1, 0.15) is 56.8 Å². The van der Waals surface area contributed by atoms with Crippen LogP contribution in [0, 0.1) is 75.4 Å². The molecule has 13 rings (SSSR count). The number of hydrogen-bond donors (Lipinski definition) is 7. The summed E-state index contributed by atoms with van der Waals surface area (Å²) < 4.78 is 94.3. The zero-order valence-corrected chi connectivity index (χ0v) is 76.9. The second-order valence-electron chi connectivity index (χ2n) is 26.4. The van der Waals surface area contributed by atoms with E-state index < -0.39 is 164 Å². The topological polar surface area (TPSA) is 584 Å². The van der Waals surface area contributed by atoms with Crippen LogP contribution in [0.4, 0.5) is 60.7 Å². The molecule has 18 radical (unpaired) electrons. The van der Waals surface area contributed by atoms with Crippen LogP contribution in [-0.2, 0) is 41.8 Å². The van der Waals surface area contributed by atoms with Crippen molar-refractivity contribution in [3.05, 3.63) is 248 Å². The van der Waals surface area contributed by atoms with Gasteiger partial charge in [-0.2, -0.15) is 0 Å². The molecule has 0 atom stereocenters. The number of carbonyl (C=O) groups is 9. The largest absolute Gasteiger partial charge is 0.494 e. The smallest absolute Gasteiger partial charge is 0.488 e. The number of nitro groups is 4. The minimum Gasteiger partial charge on any atom is -0.494 e. The fourth-order valence-corrected chi connectivity index (χ4v) is 11.3. The van der Waals surface area contributed by atoms with E-state index in [9.17, 15) is 110 Å². The van der Waals surface area contributed by atoms with Gasteiger partial charge in [-0.3, -0.25) is 93.7 Å². The number of aromatic carboxylic acids is 1. The number of rotatable bonds is 18. The van der Waals surface area contributed by atoms with Crippen molar-refractivity contribution < 1.29 is 119 Å². The number of aliphatic imine (C=N–C) groups is 2. The summed E-state index contributed by atoms with van der Waals surface area (Å²) in [5, 5.41) is 67.1. The number of imide groups is 1. The van der Waals surface area contributed by atoms with Gasteiger partial charge in [0.25, 0.3) is 39.8 Å². The Labute approximate surface area is 829 Å². The van der Waals surface area contributed by atoms with Gasteiger partial charge in [0.2, 0.25) is 5.91 Å². The zero-order valence-electron chi connectivity index (χ0n) is 72.5. The molecule has 138 heavy (non-hydrogen) atoms. The average Bonchev–Trinajstić information content (AvgIpc) is 1.77. The molecule has 4 heterocycles. The third kappa shape index (κ3) is 43.1. The summed E-state index contributed by atoms with van der Waals surface area (Å²) in [4.78, 5) is 161. The maximum absolute atomic E-state index is 13.9. The van der Waals surface area contributed by atoms with Crippen LogP contribution >= 0.6 is 57.4 Å². The predicted octanol–water partition coefficient (Wildman–Crippen LogP) is 9.41. The monoisotopic (exact) mass is 2080 g/mol. The molecule has 6 aromatic carbocycles. The molecule has 3 fully saturated rings. The molecule has 0 spiro atoms. The Hall–Kier alpha value is -12.4. The van der Waals surface area contributed by atoms with E-state index in [1.807, 2.05) is 0 Å². The van der Waals surface area contributed by atoms with E-state index in [2.05, 4.69) is 145 Å². The van der Waals surface area contributed by atoms with Crippen molar-refractivity contribution in [1.82, 2.24) is 30.2 Å². The quantitative estimate of drug-likeness (QED) is 0.00484. The Bertz CT molecular complexity index is 5440. The van der Waals surface area contributed by atoms with Crippen LogP contribution in [0.5, 0.6) is 11.5 Å². The van der Waals surface area contributed by atoms with Gasteiger partial charge >= 0.3 is 35.5 Å². The van der Waals surface area contributed by atoms with Crippen molar-refractivity contribution in [1.29, 1.82) is 0 Å². The van der Waals surface area contributed by atoms with E-state index in [-0.39, 0.29) is 71.6 Å². The molecular formula is C79H84B11Cl3F6IN15O23. The van der Waals surface area contributed by atoms with Crippen molar-refractivity contribution in [2.24, 2.45) is 15.7 Å². The molecule has 0 bridgehead atoms. The number of aromatic nitrogens is 4. The lowest BCUT2D eigenvalue weighted by atomic mass is 9.08. The van der Waals surface area contributed by atoms with Gasteiger partial charge in [0.15, 0.2) is 39.8 Å². The molecule has 0 saturated heterocycles. The van der Waals surface area contributed by atoms with Gasteiger partial charge in [-0.05, 0) is 169 Å². The van der Waals surface area contributed by atoms with Crippen LogP contribution in [0.1, 0.15) is 182 Å². The van der Waals surface area contributed by atoms with Crippen molar-refractivity contribution in [2.75, 3.05) is 25.7 Å². The standard InChI is InChI=1S/C14H15FN2O4.C13H11FN4O.C11H11FN2O3.C7H8BFO3.C7H3ClFNO3.C7H4FNO4.C6H5IN4.C6H10O3.C4H9N.C2Cl2O2.2CH4.B4.B3.B2.B/c1-2-12(18)16(9-5-3-6-9)14(19)13-10(15)7-4-8-11(13)17(20)21;1-19-10-3-2-7(4-8(10)14)12-11-9(5-16-12)17-6-18-13(11)15;12-8-5-2-6-9(14(16)17)10(8)11(15)13-7-3-1-4-7;1-12-7-3-2-5(8(10)11)4-6(7)9;8-7(11)6-4(9)2-1-3-5(6)10(12)13;8-4-2-1-3-5(9(12)13)6(4)7(10)11;7-5-4-3(1-9-5)10-2-11-6(4)8;1-3-5(7)9-6(8)4-2;5-4-2-1-3-4;3-1(5)2(4)6;;;1-4(2)3;1-3-2;1-2;/h4,7-9H,2-3,5-6H2,1H3;2-4,6H,5H2,1H3,(H2,15,17,18);2,5-7H,1,3-4H2,(H,13,15);2-4,10-11H,1H3;1-3H;1-3H,(H,10,11);2H,1H2,(H2,8,10,11);3-4H2,1-2H3;4H,1-3,5H2;;2*1H4;;;;. The van der Waals surface area contributed by atoms with E-state index in [0.717, 1.165) is 125 Å². The second-order valence-corrected chi connectivity index (χ2v) is 28.4. The summed E-state index contributed by atoms with van der Waals surface area (Å²) in [6.07, 6.45) is 11.6. The summed E-state index contributed by atoms with van der Waals surface area (Å²) in [5.74, 6) is -8.46. The summed E-state index contributed by atoms with van der Waals surface area (Å²) >= 11 is 16.1. The molecule has 38 nitrogen and oxygen atoms in total. The number of esters is 2. The lowest BCUT2D eigenvalue weighted by Crippen LogP contribution is -2.48. The van der Waals surface area contributed by atoms with E-state index >= 15 is 0 Å². The number of nitrogens with zero attached hydrogens (tertiary/aromatic N) is 11. The van der Waals surface area contributed by atoms with Crippen LogP contribution in [0.25, 0.3) is 0 Å². The third-order valence-electron chi connectivity index (χ3n) is 17.4. The molecule has 2 aliphatic heterocycles. The van der Waals surface area contributed by atoms with E-state index in [0.29, 0.717) is 60.4 Å². The Morgan fingerprint density at radius 2 is 0.935 bits per heavy atom. The normalized spacial score (nSPS) is 11.8. The molecule has 5 aliphatic rings. The highest BCUT2D eigenvalue weighted by atomic mass is 127. The van der Waals surface area contributed by atoms with E-state index in [1.54, 1.807) is 32.9 Å². The summed E-state index contributed by atoms with van der Waals surface area (Å²) in [5.41, 5.74) is 16.3. The Balaban J connectivity index is -0.00000148. The summed E-state index contributed by atoms with van der Waals surface area (Å²) in [6, 6.07) is 21.3. The number of ether oxygens (including phenoxy) is 3. The van der Waals surface area contributed by atoms with Crippen LogP contribution < -0.4 is 37.5 Å². The second kappa shape index (κ2) is 67.8. The molecule has 0 unspecified atom stereocenters. The van der Waals surface area contributed by atoms with E-state index in [4.69, 9.17) is 48.7 Å². The molecule has 2 aromatic heterocycles. The first kappa shape index (κ1) is 130. The SMILES string of the molecule is C.C.CCC(=O)N(C(=O)c1c(F)cccc1[N+](=O)[O-])C1CCC1.CCC(=O)OC(=O)CC.COc1ccc(B(O)O)cc1F.COc1ccc(C2=NCc3ncnc(N)c32)cc1F.NC1CCC1.Nc1ncnc2c1C(I)=NC2.O=C(Cl)C(=O)Cl.O=C(Cl)c1c(F)cccc1[N+](=O)[O-].O=C(NC1CCC1)c1c(F)cccc1[N+](=O)[O-].O=C(O)c1c(F)cccc1[N+](=O)[O-].[B].[B]B([B])[B].[B][B].[B][B][B]. The number of nitro benzene ring substituents is 4. The minimum absolute atomic E-state index is 0. The number of hydrogen-bond acceptors (Lipinski definition) is 31. The van der Waals surface area contributed by atoms with Crippen LogP contribution in [-0.4, -0.2) is 236 Å². The van der Waals surface area contributed by atoms with Crippen LogP contribution in [0.2, 0.25) is 0 Å². The summed E-state index contributed by atoms with van der Waals surface area (Å²) in [6.45, 7) is 5.96. The van der Waals surface area contributed by atoms with E-state index in [1.165, 1.54) is 76.5 Å². The third-order valence-corrected chi connectivity index (χ3v) is 18.9. The van der Waals surface area contributed by atoms with Gasteiger partial charge in [0, 0.05) is 143 Å². The number of anilines is 2. The molecule has 59 heteroatoms. The fraction of sp³-hybridized carbons (Fsp3) is 0.304. The molecule has 3 aliphatic carbocycles. The number of carboxylic acid groups (broad SMARTS) is 1. The fourth-order valence-electron chi connectivity index (χ4n) is 10.4. The molecule has 3 saturated carbocycles. The van der Waals surface area contributed by atoms with Gasteiger partial charge < -0.3 is 51.9 Å². The highest BCUT2D eigenvalue weighted by molar-refractivity contribution is 14.1. The number of carbonyl (C=O) groups excluding carboxylic acids is 8. The number of benzene rings is 6. The van der Waals surface area contributed by atoms with Crippen molar-refractivity contribution >= 4 is 241 Å². The van der Waals surface area contributed by atoms with Crippen LogP contribution in [0.15, 0.2) is 132 Å². The lowest BCUT2D eigenvalue weighted by Gasteiger charge is -2.35. The number of nitrogens with one attached hydrogen (secondary N) is 1. The molecule has 3 amide bonds. The zero-order chi connectivity index (χ0) is 103. The number of amides is 3. The van der Waals surface area contributed by atoms with Gasteiger partial charge in [0.05, 0.1) is 75.2 Å². The highest BCUT2D eigenvalue weighted by Gasteiger charge is 2.38. The predicted molar refractivity (Wildman–Crippen MR) is 522 cm³/mol. The molecule has 716 valence electrons. The Morgan fingerprint density at radius 3 is 1.26 bits per heavy atom. The summed E-state index contributed by atoms with van der Waals surface area (Å²) in [7, 11) is 33.1. The average molecular weight is 2080 g/mol. The molecular weight excluding hydrogens is 1990 g/mol. The maximum atomic E-state index is 13.9. The number of nitrogens with two attached hydrogens (primary N) is 3. The number of halogens is 10. The van der Waals surface area contributed by atoms with Crippen molar-refractivity contribution in [3.8, 4) is 11.5 Å². The van der Waals surface area contributed by atoms with Gasteiger partial charge in [-0.1, -0.05) is 72.4 Å². The first-order valence-electron chi connectivity index (χ1n) is 38.7. The van der Waals surface area contributed by atoms with Crippen molar-refractivity contribution in [3.63, 3.8) is 0 Å². The van der Waals surface area contributed by atoms with Crippen LogP contribution in [0.3, 0.4) is 0 Å². The Morgan fingerprint density at radius 1 is 0.565 bits per heavy atom. The first-order chi connectivity index (χ1) is 63.7. The number of nitrogen functional groups attached to an aromatic ring is 2. The lowest BCUT2D eigenvalue weighted by molar-refractivity contribution is -0.385. The number of fused-ring (bicyclic) bond motifs is 2. The van der Waals surface area contributed by atoms with Gasteiger partial charge in [-0.15, -0.1) is 0 Å². The molecule has 8 aromatic rings. The maximum Gasteiger partial charge on any atom is 0.488 e.